The minimum atomic E-state index is 0.141. The van der Waals surface area contributed by atoms with Gasteiger partial charge in [0.2, 0.25) is 0 Å². The van der Waals surface area contributed by atoms with E-state index in [2.05, 4.69) is 9.88 Å². The Hall–Kier alpha value is -1.57. The van der Waals surface area contributed by atoms with Crippen LogP contribution < -0.4 is 16.4 Å². The molecule has 1 aliphatic heterocycles. The van der Waals surface area contributed by atoms with Crippen LogP contribution in [-0.4, -0.2) is 72.2 Å². The maximum atomic E-state index is 9.21. The number of rotatable bonds is 5. The molecule has 0 aliphatic carbocycles. The molecular formula is C13H24N5O2+. The topological polar surface area (TPSA) is 109 Å². The van der Waals surface area contributed by atoms with Crippen LogP contribution in [0, 0.1) is 0 Å². The Morgan fingerprint density at radius 3 is 2.25 bits per heavy atom. The number of piperazine rings is 1. The first-order valence-corrected chi connectivity index (χ1v) is 6.93. The summed E-state index contributed by atoms with van der Waals surface area (Å²) < 4.78 is 0.748. The monoisotopic (exact) mass is 282 g/mol. The number of hydrogen-bond donors (Lipinski definition) is 4. The number of aliphatic hydroxyl groups is 2. The zero-order chi connectivity index (χ0) is 14.6. The second kappa shape index (κ2) is 6.25. The molecule has 0 aromatic carbocycles. The number of nitrogens with zero attached hydrogens (tertiary/aromatic N) is 3. The Morgan fingerprint density at radius 2 is 1.75 bits per heavy atom. The van der Waals surface area contributed by atoms with Gasteiger partial charge in [-0.1, -0.05) is 0 Å². The number of hydrogen-bond acceptors (Lipinski definition) is 6. The molecule has 0 saturated carbocycles. The molecule has 20 heavy (non-hydrogen) atoms. The minimum absolute atomic E-state index is 0.141. The molecule has 2 rings (SSSR count). The Labute approximate surface area is 119 Å². The third-order valence-corrected chi connectivity index (χ3v) is 4.05. The van der Waals surface area contributed by atoms with Gasteiger partial charge in [0.25, 0.3) is 0 Å². The van der Waals surface area contributed by atoms with Gasteiger partial charge >= 0.3 is 0 Å². The fraction of sp³-hybridized carbons (Fsp3) is 0.615. The first-order valence-electron chi connectivity index (χ1n) is 6.93. The summed E-state index contributed by atoms with van der Waals surface area (Å²) in [6, 6.07) is 1.72. The van der Waals surface area contributed by atoms with Crippen molar-refractivity contribution in [3.63, 3.8) is 0 Å². The number of aliphatic hydroxyl groups excluding tert-OH is 2. The quantitative estimate of drug-likeness (QED) is 0.509. The molecule has 0 radical (unpaired) electrons. The normalized spacial score (nSPS) is 18.2. The van der Waals surface area contributed by atoms with Crippen molar-refractivity contribution in [2.45, 2.75) is 0 Å². The van der Waals surface area contributed by atoms with Crippen LogP contribution in [0.2, 0.25) is 0 Å². The Balaban J connectivity index is 2.06. The largest absolute Gasteiger partial charge is 0.397 e. The van der Waals surface area contributed by atoms with Gasteiger partial charge in [-0.3, -0.25) is 0 Å². The summed E-state index contributed by atoms with van der Waals surface area (Å²) >= 11 is 0. The smallest absolute Gasteiger partial charge is 0.152 e. The van der Waals surface area contributed by atoms with Crippen molar-refractivity contribution in [2.75, 3.05) is 68.8 Å². The lowest BCUT2D eigenvalue weighted by Crippen LogP contribution is -2.61. The van der Waals surface area contributed by atoms with Gasteiger partial charge in [-0.2, -0.15) is 0 Å². The molecule has 0 atom stereocenters. The fourth-order valence-electron chi connectivity index (χ4n) is 2.84. The van der Waals surface area contributed by atoms with Crippen molar-refractivity contribution < 1.29 is 14.7 Å². The molecule has 0 spiro atoms. The molecule has 0 amide bonds. The van der Waals surface area contributed by atoms with E-state index in [1.54, 1.807) is 12.3 Å². The van der Waals surface area contributed by atoms with Gasteiger partial charge in [0.15, 0.2) is 5.82 Å². The van der Waals surface area contributed by atoms with Crippen LogP contribution in [0.1, 0.15) is 0 Å². The fourth-order valence-corrected chi connectivity index (χ4v) is 2.84. The summed E-state index contributed by atoms with van der Waals surface area (Å²) in [6.07, 6.45) is 1.61. The number of nitrogens with two attached hydrogens (primary N) is 2. The lowest BCUT2D eigenvalue weighted by molar-refractivity contribution is -0.929. The molecule has 112 valence electrons. The molecule has 2 heterocycles. The molecule has 1 saturated heterocycles. The van der Waals surface area contributed by atoms with Crippen molar-refractivity contribution in [1.29, 1.82) is 0 Å². The molecule has 0 unspecified atom stereocenters. The Morgan fingerprint density at radius 1 is 1.15 bits per heavy atom. The first kappa shape index (κ1) is 14.8. The zero-order valence-corrected chi connectivity index (χ0v) is 11.7. The summed E-state index contributed by atoms with van der Waals surface area (Å²) in [4.78, 5) is 6.45. The maximum Gasteiger partial charge on any atom is 0.152 e. The highest BCUT2D eigenvalue weighted by molar-refractivity contribution is 5.66. The van der Waals surface area contributed by atoms with E-state index in [-0.39, 0.29) is 13.2 Å². The number of nitrogen functional groups attached to an aromatic ring is 2. The van der Waals surface area contributed by atoms with E-state index in [0.29, 0.717) is 24.5 Å². The summed E-state index contributed by atoms with van der Waals surface area (Å²) in [5, 5.41) is 18.4. The third-order valence-electron chi connectivity index (χ3n) is 4.05. The number of pyridine rings is 1. The van der Waals surface area contributed by atoms with E-state index < -0.39 is 0 Å². The second-order valence-electron chi connectivity index (χ2n) is 5.35. The van der Waals surface area contributed by atoms with E-state index in [4.69, 9.17) is 11.5 Å². The van der Waals surface area contributed by atoms with E-state index >= 15 is 0 Å². The van der Waals surface area contributed by atoms with Crippen molar-refractivity contribution in [3.05, 3.63) is 12.3 Å². The molecule has 7 nitrogen and oxygen atoms in total. The molecule has 0 bridgehead atoms. The average molecular weight is 282 g/mol. The predicted octanol–water partition coefficient (Wildman–Crippen LogP) is -1.13. The maximum absolute atomic E-state index is 9.21. The van der Waals surface area contributed by atoms with Crippen LogP contribution in [0.3, 0.4) is 0 Å². The van der Waals surface area contributed by atoms with E-state index in [0.717, 1.165) is 36.5 Å². The molecule has 6 N–H and O–H groups in total. The summed E-state index contributed by atoms with van der Waals surface area (Å²) in [5.41, 5.74) is 12.8. The SMILES string of the molecule is Nc1cnc(N2CC[N+](CCO)(CCO)CC2)c(N)c1. The molecular weight excluding hydrogens is 258 g/mol. The van der Waals surface area contributed by atoms with E-state index in [9.17, 15) is 10.2 Å². The van der Waals surface area contributed by atoms with Gasteiger partial charge < -0.3 is 31.1 Å². The van der Waals surface area contributed by atoms with E-state index in [1.807, 2.05) is 0 Å². The van der Waals surface area contributed by atoms with Gasteiger partial charge in [-0.05, 0) is 6.07 Å². The van der Waals surface area contributed by atoms with Crippen molar-refractivity contribution in [3.8, 4) is 0 Å². The van der Waals surface area contributed by atoms with Gasteiger partial charge in [0.05, 0.1) is 57.0 Å². The lowest BCUT2D eigenvalue weighted by atomic mass is 10.2. The van der Waals surface area contributed by atoms with Crippen molar-refractivity contribution >= 4 is 17.2 Å². The second-order valence-corrected chi connectivity index (χ2v) is 5.35. The van der Waals surface area contributed by atoms with Crippen LogP contribution in [-0.2, 0) is 0 Å². The Bertz CT molecular complexity index is 438. The number of anilines is 3. The van der Waals surface area contributed by atoms with E-state index in [1.165, 1.54) is 0 Å². The highest BCUT2D eigenvalue weighted by Gasteiger charge is 2.32. The first-order chi connectivity index (χ1) is 9.60. The average Bonchev–Trinajstić information content (AvgIpc) is 2.41. The summed E-state index contributed by atoms with van der Waals surface area (Å²) in [7, 11) is 0. The highest BCUT2D eigenvalue weighted by atomic mass is 16.3. The van der Waals surface area contributed by atoms with Crippen LogP contribution in [0.5, 0.6) is 0 Å². The molecule has 1 fully saturated rings. The van der Waals surface area contributed by atoms with Gasteiger partial charge in [0, 0.05) is 0 Å². The lowest BCUT2D eigenvalue weighted by Gasteiger charge is -2.44. The van der Waals surface area contributed by atoms with Gasteiger partial charge in [-0.25, -0.2) is 4.98 Å². The van der Waals surface area contributed by atoms with Crippen molar-refractivity contribution in [2.24, 2.45) is 0 Å². The third kappa shape index (κ3) is 3.12. The zero-order valence-electron chi connectivity index (χ0n) is 11.7. The van der Waals surface area contributed by atoms with Gasteiger partial charge in [-0.15, -0.1) is 0 Å². The van der Waals surface area contributed by atoms with Crippen molar-refractivity contribution in [1.82, 2.24) is 4.98 Å². The summed E-state index contributed by atoms with van der Waals surface area (Å²) in [5.74, 6) is 0.769. The highest BCUT2D eigenvalue weighted by Crippen LogP contribution is 2.24. The van der Waals surface area contributed by atoms with Crippen LogP contribution in [0.4, 0.5) is 17.2 Å². The van der Waals surface area contributed by atoms with Crippen LogP contribution >= 0.6 is 0 Å². The molecule has 1 aromatic heterocycles. The van der Waals surface area contributed by atoms with Crippen LogP contribution in [0.15, 0.2) is 12.3 Å². The number of aromatic nitrogens is 1. The predicted molar refractivity (Wildman–Crippen MR) is 79.2 cm³/mol. The molecule has 1 aliphatic rings. The summed E-state index contributed by atoms with van der Waals surface area (Å²) in [6.45, 7) is 4.99. The molecule has 7 heteroatoms. The number of quaternary nitrogens is 1. The Kier molecular flexibility index (Phi) is 4.64. The minimum Gasteiger partial charge on any atom is -0.397 e. The molecule has 1 aromatic rings. The van der Waals surface area contributed by atoms with Crippen LogP contribution in [0.25, 0.3) is 0 Å². The standard InChI is InChI=1S/C13H24N5O2/c14-11-9-12(15)13(16-10-11)17-1-3-18(4-2-17,5-7-19)6-8-20/h9-10,19-20H,1-8,14-15H2/q+1. The van der Waals surface area contributed by atoms with Gasteiger partial charge in [0.1, 0.15) is 13.1 Å².